The number of benzene rings is 5. The number of likely N-dealkylation sites (tertiary alicyclic amines) is 1. The first-order valence-corrected chi connectivity index (χ1v) is 26.6. The summed E-state index contributed by atoms with van der Waals surface area (Å²) in [7, 11) is -11.0. The molecule has 0 spiro atoms. The van der Waals surface area contributed by atoms with Gasteiger partial charge in [-0.2, -0.15) is 13.2 Å². The Morgan fingerprint density at radius 1 is 0.838 bits per heavy atom. The van der Waals surface area contributed by atoms with Gasteiger partial charge in [-0.15, -0.1) is 11.8 Å². The smallest absolute Gasteiger partial charge is 0.394 e. The second-order valence-electron chi connectivity index (χ2n) is 17.1. The molecule has 68 heavy (non-hydrogen) atoms. The number of rotatable bonds is 19. The average Bonchev–Trinajstić information content (AvgIpc) is 3.78. The number of sulfone groups is 1. The molecule has 19 heteroatoms. The Hall–Kier alpha value is -4.66. The van der Waals surface area contributed by atoms with Gasteiger partial charge in [0.05, 0.1) is 29.4 Å². The largest absolute Gasteiger partial charge is 0.501 e. The van der Waals surface area contributed by atoms with Crippen LogP contribution in [-0.2, 0) is 19.9 Å². The second kappa shape index (κ2) is 22.4. The first-order chi connectivity index (χ1) is 32.4. The molecule has 364 valence electrons. The zero-order valence-corrected chi connectivity index (χ0v) is 40.1. The Kier molecular flexibility index (Phi) is 16.9. The molecule has 2 aliphatic rings. The summed E-state index contributed by atoms with van der Waals surface area (Å²) >= 11 is 7.51. The number of thioether (sulfide) groups is 1. The average molecular weight is 1020 g/mol. The van der Waals surface area contributed by atoms with Crippen LogP contribution in [0.1, 0.15) is 60.6 Å². The van der Waals surface area contributed by atoms with Crippen molar-refractivity contribution in [3.8, 4) is 11.1 Å². The molecule has 0 aliphatic carbocycles. The highest BCUT2D eigenvalue weighted by atomic mass is 35.5. The molecule has 2 fully saturated rings. The number of aliphatic hydroxyl groups is 3. The van der Waals surface area contributed by atoms with Gasteiger partial charge in [0, 0.05) is 58.6 Å². The Balaban J connectivity index is 1.04. The molecule has 5 aromatic rings. The molecule has 12 nitrogen and oxygen atoms in total. The lowest BCUT2D eigenvalue weighted by molar-refractivity contribution is -0.0436. The van der Waals surface area contributed by atoms with Crippen molar-refractivity contribution in [1.82, 2.24) is 9.62 Å². The highest BCUT2D eigenvalue weighted by Gasteiger charge is 2.48. The number of halogens is 4. The molecular formula is C49H54ClF3N4O8S3. The quantitative estimate of drug-likeness (QED) is 0.0500. The topological polar surface area (TPSA) is 177 Å². The van der Waals surface area contributed by atoms with Crippen LogP contribution in [0.5, 0.6) is 0 Å². The van der Waals surface area contributed by atoms with Crippen molar-refractivity contribution < 1.29 is 50.1 Å². The van der Waals surface area contributed by atoms with E-state index in [1.54, 1.807) is 12.1 Å². The van der Waals surface area contributed by atoms with E-state index in [9.17, 15) is 50.1 Å². The number of aliphatic hydroxyl groups excluding tert-OH is 3. The van der Waals surface area contributed by atoms with Crippen molar-refractivity contribution in [2.75, 3.05) is 48.8 Å². The van der Waals surface area contributed by atoms with Crippen LogP contribution < -0.4 is 14.9 Å². The number of carbonyl (C=O) groups is 1. The third-order valence-electron chi connectivity index (χ3n) is 12.6. The number of alkyl halides is 3. The first kappa shape index (κ1) is 51.2. The molecule has 5 aromatic carbocycles. The molecule has 0 saturated carbocycles. The highest BCUT2D eigenvalue weighted by molar-refractivity contribution is 7.99. The number of hydrogen-bond donors (Lipinski definition) is 5. The van der Waals surface area contributed by atoms with Crippen molar-refractivity contribution in [3.05, 3.63) is 137 Å². The van der Waals surface area contributed by atoms with Crippen molar-refractivity contribution in [1.29, 1.82) is 0 Å². The maximum atomic E-state index is 14.3. The molecule has 0 bridgehead atoms. The Morgan fingerprint density at radius 3 is 2.19 bits per heavy atom. The monoisotopic (exact) mass is 1010 g/mol. The van der Waals surface area contributed by atoms with Gasteiger partial charge in [-0.1, -0.05) is 66.2 Å². The van der Waals surface area contributed by atoms with Crippen LogP contribution in [0.4, 0.5) is 24.5 Å². The van der Waals surface area contributed by atoms with Crippen LogP contribution in [0.2, 0.25) is 5.02 Å². The molecular weight excluding hydrogens is 961 g/mol. The minimum atomic E-state index is -6.13. The third-order valence-corrected chi connectivity index (χ3v) is 16.9. The van der Waals surface area contributed by atoms with Crippen molar-refractivity contribution >= 4 is 60.5 Å². The summed E-state index contributed by atoms with van der Waals surface area (Å²) in [5, 5.41) is 34.4. The normalized spacial score (nSPS) is 17.7. The zero-order chi connectivity index (χ0) is 48.6. The van der Waals surface area contributed by atoms with Crippen LogP contribution in [0.3, 0.4) is 0 Å². The number of amides is 1. The lowest BCUT2D eigenvalue weighted by atomic mass is 9.84. The predicted octanol–water partition coefficient (Wildman–Crippen LogP) is 8.54. The lowest BCUT2D eigenvalue weighted by Gasteiger charge is -2.36. The summed E-state index contributed by atoms with van der Waals surface area (Å²) in [5.41, 5.74) is -2.87. The predicted molar refractivity (Wildman–Crippen MR) is 259 cm³/mol. The van der Waals surface area contributed by atoms with Crippen LogP contribution >= 0.6 is 23.4 Å². The molecule has 5 N–H and O–H groups in total. The lowest BCUT2D eigenvalue weighted by Crippen LogP contribution is -2.38. The summed E-state index contributed by atoms with van der Waals surface area (Å²) in [4.78, 5) is 16.3. The SMILES string of the molecule is O=C(NS(=O)(=O)c1ccc(N[C@@H](CSc2ccccc2)C[C@@H]2CCCN2CCC(O)CO)c(S(=O)(=O)C(F)(F)F)c1)c1ccc(N2CCC([C@@H](O)c3ccccc3-c3ccc(Cl)cc3)CC2)cc1. The van der Waals surface area contributed by atoms with E-state index < -0.39 is 71.6 Å². The number of nitrogens with one attached hydrogen (secondary N) is 2. The summed E-state index contributed by atoms with van der Waals surface area (Å²) in [5.74, 6) is -0.805. The van der Waals surface area contributed by atoms with E-state index in [4.69, 9.17) is 11.6 Å². The number of piperidine rings is 1. The number of hydrogen-bond acceptors (Lipinski definition) is 12. The summed E-state index contributed by atoms with van der Waals surface area (Å²) in [6, 6.07) is 32.2. The second-order valence-corrected chi connectivity index (χ2v) is 22.2. The van der Waals surface area contributed by atoms with E-state index in [0.717, 1.165) is 52.2 Å². The molecule has 0 radical (unpaired) electrons. The van der Waals surface area contributed by atoms with Crippen LogP contribution in [-0.4, -0.2) is 105 Å². The van der Waals surface area contributed by atoms with E-state index in [-0.39, 0.29) is 17.5 Å². The van der Waals surface area contributed by atoms with Gasteiger partial charge < -0.3 is 30.4 Å². The van der Waals surface area contributed by atoms with Gasteiger partial charge in [0.1, 0.15) is 4.90 Å². The van der Waals surface area contributed by atoms with Crippen molar-refractivity contribution in [2.45, 2.75) is 83.0 Å². The van der Waals surface area contributed by atoms with E-state index >= 15 is 0 Å². The highest BCUT2D eigenvalue weighted by Crippen LogP contribution is 2.39. The fourth-order valence-corrected chi connectivity index (χ4v) is 12.0. The van der Waals surface area contributed by atoms with Gasteiger partial charge >= 0.3 is 5.51 Å². The third kappa shape index (κ3) is 12.6. The fourth-order valence-electron chi connectivity index (χ4n) is 8.87. The minimum Gasteiger partial charge on any atom is -0.394 e. The van der Waals surface area contributed by atoms with Gasteiger partial charge in [-0.3, -0.25) is 4.79 Å². The summed E-state index contributed by atoms with van der Waals surface area (Å²) in [6.45, 7) is 1.97. The van der Waals surface area contributed by atoms with Gasteiger partial charge in [0.2, 0.25) is 0 Å². The number of anilines is 2. The Bertz CT molecular complexity index is 2710. The minimum absolute atomic E-state index is 0.0285. The van der Waals surface area contributed by atoms with Crippen LogP contribution in [0, 0.1) is 5.92 Å². The number of carbonyl (C=O) groups excluding carboxylic acids is 1. The molecule has 7 rings (SSSR count). The molecule has 0 aromatic heterocycles. The molecule has 2 aliphatic heterocycles. The summed E-state index contributed by atoms with van der Waals surface area (Å²) in [6.07, 6.45) is 1.96. The Labute approximate surface area is 404 Å². The molecule has 2 heterocycles. The van der Waals surface area contributed by atoms with E-state index in [1.165, 1.54) is 23.9 Å². The van der Waals surface area contributed by atoms with Gasteiger partial charge in [-0.05, 0) is 134 Å². The van der Waals surface area contributed by atoms with E-state index in [2.05, 4.69) is 15.1 Å². The Morgan fingerprint density at radius 2 is 1.51 bits per heavy atom. The van der Waals surface area contributed by atoms with Crippen LogP contribution in [0.25, 0.3) is 11.1 Å². The van der Waals surface area contributed by atoms with Crippen molar-refractivity contribution in [2.24, 2.45) is 5.92 Å². The first-order valence-electron chi connectivity index (χ1n) is 22.3. The maximum absolute atomic E-state index is 14.3. The fraction of sp³-hybridized carbons (Fsp3) is 0.367. The zero-order valence-electron chi connectivity index (χ0n) is 36.9. The molecule has 1 amide bonds. The van der Waals surface area contributed by atoms with Gasteiger partial charge in [0.25, 0.3) is 25.8 Å². The summed E-state index contributed by atoms with van der Waals surface area (Å²) < 4.78 is 98.4. The van der Waals surface area contributed by atoms with Crippen molar-refractivity contribution in [3.63, 3.8) is 0 Å². The van der Waals surface area contributed by atoms with E-state index in [0.29, 0.717) is 68.7 Å². The standard InChI is InChI=1S/C49H54ClF3N4O8S3/c50-36-16-12-33(13-17-36)43-10-4-5-11-44(43)47(60)34-22-26-57(27-23-34)38-18-14-35(15-19-38)48(61)55-68(64,65)42-20-21-45(46(30-42)67(62,63)49(51,52)53)54-37(32-66-41-8-2-1-3-9-41)29-39-7-6-25-56(39)28-24-40(59)31-58/h1-5,8-21,30,34,37,39-40,47,54,58-60H,6-7,22-29,31-32H2,(H,55,61)/t37-,39+,40?,47-/m1/s1. The van der Waals surface area contributed by atoms with Gasteiger partial charge in [0.15, 0.2) is 0 Å². The molecule has 1 unspecified atom stereocenters. The molecule has 2 saturated heterocycles. The number of nitrogens with zero attached hydrogens (tertiary/aromatic N) is 2. The number of sulfonamides is 1. The van der Waals surface area contributed by atoms with E-state index in [1.807, 2.05) is 83.6 Å². The van der Waals surface area contributed by atoms with Gasteiger partial charge in [-0.25, -0.2) is 21.6 Å². The maximum Gasteiger partial charge on any atom is 0.501 e. The molecule has 4 atom stereocenters. The van der Waals surface area contributed by atoms with Crippen LogP contribution in [0.15, 0.2) is 136 Å².